The number of amides is 1. The molecule has 2 heterocycles. The van der Waals surface area contributed by atoms with Gasteiger partial charge in [0.25, 0.3) is 0 Å². The van der Waals surface area contributed by atoms with E-state index in [1.54, 1.807) is 6.07 Å². The highest BCUT2D eigenvalue weighted by molar-refractivity contribution is 6.43. The predicted molar refractivity (Wildman–Crippen MR) is 93.9 cm³/mol. The number of fused-ring (bicyclic) bond motifs is 2. The Morgan fingerprint density at radius 2 is 2.00 bits per heavy atom. The third kappa shape index (κ3) is 3.36. The molecule has 2 bridgehead atoms. The second-order valence-corrected chi connectivity index (χ2v) is 7.97. The summed E-state index contributed by atoms with van der Waals surface area (Å²) in [6, 6.07) is 5.94. The van der Waals surface area contributed by atoms with Crippen LogP contribution in [0.1, 0.15) is 45.6 Å². The van der Waals surface area contributed by atoms with E-state index in [-0.39, 0.29) is 18.2 Å². The average molecular weight is 354 g/mol. The molecule has 0 spiro atoms. The molecule has 0 aliphatic carbocycles. The van der Waals surface area contributed by atoms with Gasteiger partial charge in [-0.05, 0) is 57.2 Å². The standard InChI is InChI=1S/C18H21Cl2NO2/c1-18(2,3)23-17(22)21-12-7-8-13(21)10-11(9-12)14-5-4-6-15(19)16(14)20/h4-6,9,12-13H,7-8,10H2,1-3H3. The zero-order valence-corrected chi connectivity index (χ0v) is 15.1. The number of hydrogen-bond acceptors (Lipinski definition) is 2. The topological polar surface area (TPSA) is 29.5 Å². The molecule has 0 aromatic heterocycles. The number of carbonyl (C=O) groups is 1. The molecule has 0 saturated carbocycles. The van der Waals surface area contributed by atoms with Gasteiger partial charge in [-0.1, -0.05) is 41.4 Å². The van der Waals surface area contributed by atoms with E-state index in [2.05, 4.69) is 6.08 Å². The normalized spacial score (nSPS) is 23.7. The van der Waals surface area contributed by atoms with Crippen molar-refractivity contribution < 1.29 is 9.53 Å². The van der Waals surface area contributed by atoms with Crippen molar-refractivity contribution in [3.63, 3.8) is 0 Å². The molecule has 1 aromatic rings. The first kappa shape index (κ1) is 16.7. The molecule has 2 unspecified atom stereocenters. The van der Waals surface area contributed by atoms with Crippen LogP contribution in [0, 0.1) is 0 Å². The fourth-order valence-corrected chi connectivity index (χ4v) is 3.80. The van der Waals surface area contributed by atoms with Crippen LogP contribution in [-0.4, -0.2) is 28.7 Å². The van der Waals surface area contributed by atoms with E-state index < -0.39 is 5.60 Å². The molecule has 2 atom stereocenters. The zero-order chi connectivity index (χ0) is 16.8. The molecule has 1 aromatic carbocycles. The Hall–Kier alpha value is -1.19. The molecule has 23 heavy (non-hydrogen) atoms. The van der Waals surface area contributed by atoms with Gasteiger partial charge < -0.3 is 4.74 Å². The number of hydrogen-bond donors (Lipinski definition) is 0. The molecule has 1 saturated heterocycles. The number of benzene rings is 1. The molecule has 0 radical (unpaired) electrons. The van der Waals surface area contributed by atoms with Crippen molar-refractivity contribution in [3.8, 4) is 0 Å². The van der Waals surface area contributed by atoms with E-state index in [1.807, 2.05) is 37.8 Å². The third-order valence-corrected chi connectivity index (χ3v) is 5.12. The minimum Gasteiger partial charge on any atom is -0.444 e. The van der Waals surface area contributed by atoms with E-state index in [4.69, 9.17) is 27.9 Å². The maximum atomic E-state index is 12.5. The highest BCUT2D eigenvalue weighted by Crippen LogP contribution is 2.42. The van der Waals surface area contributed by atoms with Gasteiger partial charge in [-0.3, -0.25) is 4.90 Å². The number of halogens is 2. The highest BCUT2D eigenvalue weighted by atomic mass is 35.5. The van der Waals surface area contributed by atoms with Gasteiger partial charge in [0.2, 0.25) is 0 Å². The van der Waals surface area contributed by atoms with E-state index in [9.17, 15) is 4.79 Å². The Morgan fingerprint density at radius 3 is 2.65 bits per heavy atom. The summed E-state index contributed by atoms with van der Waals surface area (Å²) >= 11 is 12.5. The summed E-state index contributed by atoms with van der Waals surface area (Å²) < 4.78 is 5.55. The fraction of sp³-hybridized carbons (Fsp3) is 0.500. The number of carbonyl (C=O) groups excluding carboxylic acids is 1. The Labute approximate surface area is 147 Å². The molecule has 5 heteroatoms. The van der Waals surface area contributed by atoms with E-state index in [1.165, 1.54) is 5.57 Å². The number of rotatable bonds is 1. The maximum Gasteiger partial charge on any atom is 0.411 e. The van der Waals surface area contributed by atoms with Gasteiger partial charge in [0.1, 0.15) is 5.60 Å². The van der Waals surface area contributed by atoms with Gasteiger partial charge in [-0.15, -0.1) is 0 Å². The summed E-state index contributed by atoms with van der Waals surface area (Å²) in [5.41, 5.74) is 1.67. The Morgan fingerprint density at radius 1 is 1.26 bits per heavy atom. The first-order chi connectivity index (χ1) is 10.8. The fourth-order valence-electron chi connectivity index (χ4n) is 3.38. The molecule has 2 aliphatic rings. The minimum atomic E-state index is -0.475. The van der Waals surface area contributed by atoms with Gasteiger partial charge in [0, 0.05) is 6.04 Å². The molecule has 2 aliphatic heterocycles. The van der Waals surface area contributed by atoms with Crippen molar-refractivity contribution in [2.75, 3.05) is 0 Å². The lowest BCUT2D eigenvalue weighted by atomic mass is 9.95. The van der Waals surface area contributed by atoms with E-state index in [0.717, 1.165) is 24.8 Å². The van der Waals surface area contributed by atoms with Crippen molar-refractivity contribution in [1.82, 2.24) is 4.90 Å². The first-order valence-electron chi connectivity index (χ1n) is 7.92. The van der Waals surface area contributed by atoms with Gasteiger partial charge in [0.15, 0.2) is 0 Å². The lowest BCUT2D eigenvalue weighted by Gasteiger charge is -2.35. The summed E-state index contributed by atoms with van der Waals surface area (Å²) in [6.07, 6.45) is 4.66. The third-order valence-electron chi connectivity index (χ3n) is 4.30. The van der Waals surface area contributed by atoms with Crippen molar-refractivity contribution in [1.29, 1.82) is 0 Å². The quantitative estimate of drug-likeness (QED) is 0.662. The molecular formula is C18H21Cl2NO2. The van der Waals surface area contributed by atoms with E-state index >= 15 is 0 Å². The number of nitrogens with zero attached hydrogens (tertiary/aromatic N) is 1. The van der Waals surface area contributed by atoms with E-state index in [0.29, 0.717) is 10.0 Å². The smallest absolute Gasteiger partial charge is 0.411 e. The lowest BCUT2D eigenvalue weighted by Crippen LogP contribution is -2.45. The molecular weight excluding hydrogens is 333 g/mol. The van der Waals surface area contributed by atoms with Crippen molar-refractivity contribution in [2.45, 2.75) is 57.7 Å². The zero-order valence-electron chi connectivity index (χ0n) is 13.6. The summed E-state index contributed by atoms with van der Waals surface area (Å²) in [7, 11) is 0. The lowest BCUT2D eigenvalue weighted by molar-refractivity contribution is 0.0175. The Bertz CT molecular complexity index is 663. The van der Waals surface area contributed by atoms with Crippen molar-refractivity contribution in [3.05, 3.63) is 39.9 Å². The van der Waals surface area contributed by atoms with Crippen molar-refractivity contribution >= 4 is 34.9 Å². The summed E-state index contributed by atoms with van der Waals surface area (Å²) in [5, 5.41) is 1.15. The van der Waals surface area contributed by atoms with Gasteiger partial charge in [0.05, 0.1) is 16.1 Å². The van der Waals surface area contributed by atoms with Crippen LogP contribution in [0.3, 0.4) is 0 Å². The van der Waals surface area contributed by atoms with Crippen LogP contribution in [0.4, 0.5) is 4.79 Å². The molecule has 3 nitrogen and oxygen atoms in total. The Kier molecular flexibility index (Phi) is 4.37. The van der Waals surface area contributed by atoms with Gasteiger partial charge >= 0.3 is 6.09 Å². The summed E-state index contributed by atoms with van der Waals surface area (Å²) in [4.78, 5) is 14.3. The molecule has 1 amide bonds. The maximum absolute atomic E-state index is 12.5. The number of ether oxygens (including phenoxy) is 1. The van der Waals surface area contributed by atoms with Crippen LogP contribution in [0.25, 0.3) is 5.57 Å². The molecule has 1 fully saturated rings. The second kappa shape index (κ2) is 6.03. The predicted octanol–water partition coefficient (Wildman–Crippen LogP) is 5.55. The van der Waals surface area contributed by atoms with Crippen LogP contribution in [0.5, 0.6) is 0 Å². The van der Waals surface area contributed by atoms with Crippen LogP contribution >= 0.6 is 23.2 Å². The summed E-state index contributed by atoms with van der Waals surface area (Å²) in [6.45, 7) is 5.68. The largest absolute Gasteiger partial charge is 0.444 e. The average Bonchev–Trinajstić information content (AvgIpc) is 2.71. The van der Waals surface area contributed by atoms with Crippen LogP contribution in [-0.2, 0) is 4.74 Å². The van der Waals surface area contributed by atoms with Crippen LogP contribution in [0.15, 0.2) is 24.3 Å². The van der Waals surface area contributed by atoms with Crippen LogP contribution in [0.2, 0.25) is 10.0 Å². The first-order valence-corrected chi connectivity index (χ1v) is 8.68. The highest BCUT2D eigenvalue weighted by Gasteiger charge is 2.41. The summed E-state index contributed by atoms with van der Waals surface area (Å²) in [5.74, 6) is 0. The minimum absolute atomic E-state index is 0.0775. The van der Waals surface area contributed by atoms with Crippen molar-refractivity contribution in [2.24, 2.45) is 0 Å². The monoisotopic (exact) mass is 353 g/mol. The molecule has 0 N–H and O–H groups in total. The molecule has 3 rings (SSSR count). The van der Waals surface area contributed by atoms with Gasteiger partial charge in [-0.25, -0.2) is 4.79 Å². The Balaban J connectivity index is 1.86. The SMILES string of the molecule is CC(C)(C)OC(=O)N1C2C=C(c3cccc(Cl)c3Cl)CC1CC2. The second-order valence-electron chi connectivity index (χ2n) is 7.18. The van der Waals surface area contributed by atoms with Gasteiger partial charge in [-0.2, -0.15) is 0 Å². The van der Waals surface area contributed by atoms with Crippen LogP contribution < -0.4 is 0 Å². The molecule has 124 valence electrons.